The summed E-state index contributed by atoms with van der Waals surface area (Å²) < 4.78 is 22.3. The van der Waals surface area contributed by atoms with Crippen LogP contribution in [-0.2, 0) is 14.3 Å². The highest BCUT2D eigenvalue weighted by molar-refractivity contribution is 6.41. The van der Waals surface area contributed by atoms with Gasteiger partial charge in [0.15, 0.2) is 11.6 Å². The molecule has 5 rings (SSSR count). The van der Waals surface area contributed by atoms with Crippen LogP contribution in [-0.4, -0.2) is 73.5 Å². The number of hydrogen-bond donors (Lipinski definition) is 2. The van der Waals surface area contributed by atoms with Crippen molar-refractivity contribution in [3.8, 4) is 22.8 Å². The molecule has 1 aromatic carbocycles. The molecular formula is C28H31Cl2N5O5. The molecule has 3 aromatic rings. The van der Waals surface area contributed by atoms with E-state index in [2.05, 4.69) is 22.2 Å². The number of ketones is 1. The number of anilines is 2. The molecule has 2 aliphatic rings. The summed E-state index contributed by atoms with van der Waals surface area (Å²) in [7, 11) is 3.05. The van der Waals surface area contributed by atoms with Crippen molar-refractivity contribution in [2.75, 3.05) is 51.2 Å². The van der Waals surface area contributed by atoms with Crippen LogP contribution in [0.4, 0.5) is 11.8 Å². The van der Waals surface area contributed by atoms with E-state index in [1.807, 2.05) is 6.07 Å². The Kier molecular flexibility index (Phi) is 8.90. The van der Waals surface area contributed by atoms with Crippen molar-refractivity contribution in [2.24, 2.45) is 5.92 Å². The largest absolute Gasteiger partial charge is 0.495 e. The molecule has 4 heterocycles. The second-order valence-electron chi connectivity index (χ2n) is 9.71. The zero-order valence-corrected chi connectivity index (χ0v) is 23.8. The minimum atomic E-state index is -0.112. The molecule has 0 aliphatic carbocycles. The zero-order valence-electron chi connectivity index (χ0n) is 22.3. The minimum Gasteiger partial charge on any atom is -0.495 e. The monoisotopic (exact) mass is 587 g/mol. The zero-order chi connectivity index (χ0) is 28.2. The summed E-state index contributed by atoms with van der Waals surface area (Å²) in [6.45, 7) is 5.80. The molecule has 0 bridgehead atoms. The van der Waals surface area contributed by atoms with Crippen molar-refractivity contribution in [3.63, 3.8) is 0 Å². The van der Waals surface area contributed by atoms with Gasteiger partial charge in [-0.3, -0.25) is 4.79 Å². The fourth-order valence-electron chi connectivity index (χ4n) is 4.95. The van der Waals surface area contributed by atoms with Crippen molar-refractivity contribution >= 4 is 51.7 Å². The molecule has 0 amide bonds. The second kappa shape index (κ2) is 12.6. The van der Waals surface area contributed by atoms with E-state index in [0.29, 0.717) is 76.3 Å². The van der Waals surface area contributed by atoms with E-state index in [1.165, 1.54) is 20.3 Å². The number of allylic oxidation sites excluding steroid dienone is 1. The third kappa shape index (κ3) is 5.95. The van der Waals surface area contributed by atoms with Gasteiger partial charge in [-0.25, -0.2) is 15.0 Å². The van der Waals surface area contributed by atoms with E-state index in [1.54, 1.807) is 12.3 Å². The summed E-state index contributed by atoms with van der Waals surface area (Å²) in [6, 6.07) is 3.35. The second-order valence-corrected chi connectivity index (χ2v) is 10.5. The van der Waals surface area contributed by atoms with Crippen LogP contribution in [0.25, 0.3) is 22.2 Å². The van der Waals surface area contributed by atoms with E-state index < -0.39 is 0 Å². The SMILES string of the molecule is C=CC(=O)C[C@H]1COC[C@H]1Nc1ncc2cc(-c3c(Cl)c(OC)cc(OC)c3Cl)nc(NCC3CCCO3)c2n1. The van der Waals surface area contributed by atoms with Crippen LogP contribution in [0, 0.1) is 5.92 Å². The topological polar surface area (TPSA) is 117 Å². The molecule has 0 radical (unpaired) electrons. The van der Waals surface area contributed by atoms with Crippen molar-refractivity contribution in [1.29, 1.82) is 0 Å². The van der Waals surface area contributed by atoms with Crippen molar-refractivity contribution in [2.45, 2.75) is 31.4 Å². The molecule has 10 nitrogen and oxygen atoms in total. The van der Waals surface area contributed by atoms with Gasteiger partial charge in [0.05, 0.1) is 55.3 Å². The molecule has 2 N–H and O–H groups in total. The summed E-state index contributed by atoms with van der Waals surface area (Å²) in [5, 5.41) is 8.10. The van der Waals surface area contributed by atoms with Crippen molar-refractivity contribution in [3.05, 3.63) is 41.0 Å². The van der Waals surface area contributed by atoms with Gasteiger partial charge >= 0.3 is 0 Å². The van der Waals surface area contributed by atoms with Gasteiger partial charge in [-0.15, -0.1) is 0 Å². The number of rotatable bonds is 11. The molecule has 2 aromatic heterocycles. The molecule has 3 atom stereocenters. The molecule has 0 saturated carbocycles. The number of carbonyl (C=O) groups is 1. The Hall–Kier alpha value is -3.18. The summed E-state index contributed by atoms with van der Waals surface area (Å²) in [4.78, 5) is 26.2. The van der Waals surface area contributed by atoms with Crippen LogP contribution in [0.15, 0.2) is 31.0 Å². The molecule has 1 unspecified atom stereocenters. The van der Waals surface area contributed by atoms with Gasteiger partial charge in [-0.2, -0.15) is 0 Å². The number of carbonyl (C=O) groups excluding carboxylic acids is 1. The number of aromatic nitrogens is 3. The normalized spacial score (nSPS) is 20.4. The fourth-order valence-corrected chi connectivity index (χ4v) is 5.65. The first kappa shape index (κ1) is 28.4. The minimum absolute atomic E-state index is 0.00488. The Bertz CT molecular complexity index is 1390. The van der Waals surface area contributed by atoms with E-state index in [9.17, 15) is 4.79 Å². The highest BCUT2D eigenvalue weighted by Crippen LogP contribution is 2.46. The Balaban J connectivity index is 1.54. The predicted molar refractivity (Wildman–Crippen MR) is 155 cm³/mol. The van der Waals surface area contributed by atoms with Crippen molar-refractivity contribution < 1.29 is 23.7 Å². The van der Waals surface area contributed by atoms with E-state index >= 15 is 0 Å². The number of hydrogen-bond acceptors (Lipinski definition) is 10. The number of ether oxygens (including phenoxy) is 4. The lowest BCUT2D eigenvalue weighted by atomic mass is 9.97. The molecule has 0 spiro atoms. The molecular weight excluding hydrogens is 557 g/mol. The van der Waals surface area contributed by atoms with Gasteiger partial charge in [-0.05, 0) is 25.0 Å². The van der Waals surface area contributed by atoms with Crippen LogP contribution in [0.3, 0.4) is 0 Å². The Morgan fingerprint density at radius 2 is 1.95 bits per heavy atom. The van der Waals surface area contributed by atoms with Gasteiger partial charge in [0.25, 0.3) is 0 Å². The lowest BCUT2D eigenvalue weighted by molar-refractivity contribution is -0.115. The third-order valence-corrected chi connectivity index (χ3v) is 7.87. The molecule has 40 heavy (non-hydrogen) atoms. The van der Waals surface area contributed by atoms with Gasteiger partial charge in [0.1, 0.15) is 17.0 Å². The maximum absolute atomic E-state index is 11.9. The third-order valence-electron chi connectivity index (χ3n) is 7.12. The van der Waals surface area contributed by atoms with Crippen LogP contribution < -0.4 is 20.1 Å². The quantitative estimate of drug-likeness (QED) is 0.290. The van der Waals surface area contributed by atoms with E-state index in [-0.39, 0.29) is 23.8 Å². The van der Waals surface area contributed by atoms with E-state index in [0.717, 1.165) is 24.8 Å². The number of fused-ring (bicyclic) bond motifs is 1. The summed E-state index contributed by atoms with van der Waals surface area (Å²) in [5.74, 6) is 1.73. The standard InChI is InChI=1S/C28H31Cl2N5O5/c1-4-17(36)8-16-13-39-14-20(16)34-28-32-11-15-9-19(23-24(29)21(37-2)10-22(38-3)25(23)30)33-27(26(15)35-28)31-12-18-6-5-7-40-18/h4,9-11,16,18,20H,1,5-8,12-14H2,2-3H3,(H,31,33)(H,32,34,35)/t16-,18?,20+/m0/s1. The van der Waals surface area contributed by atoms with Crippen molar-refractivity contribution in [1.82, 2.24) is 15.0 Å². The van der Waals surface area contributed by atoms with E-state index in [4.69, 9.17) is 52.1 Å². The number of halogens is 2. The summed E-state index contributed by atoms with van der Waals surface area (Å²) >= 11 is 13.4. The van der Waals surface area contributed by atoms with Crippen LogP contribution in [0.2, 0.25) is 10.0 Å². The molecule has 2 saturated heterocycles. The highest BCUT2D eigenvalue weighted by atomic mass is 35.5. The first-order valence-corrected chi connectivity index (χ1v) is 13.8. The van der Waals surface area contributed by atoms with Crippen LogP contribution in [0.5, 0.6) is 11.5 Å². The number of nitrogens with zero attached hydrogens (tertiary/aromatic N) is 3. The smallest absolute Gasteiger partial charge is 0.223 e. The molecule has 12 heteroatoms. The number of nitrogens with one attached hydrogen (secondary N) is 2. The fraction of sp³-hybridized carbons (Fsp3) is 0.429. The Morgan fingerprint density at radius 3 is 2.62 bits per heavy atom. The number of benzene rings is 1. The summed E-state index contributed by atoms with van der Waals surface area (Å²) in [5.41, 5.74) is 1.59. The average Bonchev–Trinajstić information content (AvgIpc) is 3.64. The molecule has 2 fully saturated rings. The maximum Gasteiger partial charge on any atom is 0.223 e. The lowest BCUT2D eigenvalue weighted by Gasteiger charge is -2.19. The van der Waals surface area contributed by atoms with Gasteiger partial charge in [-0.1, -0.05) is 29.8 Å². The molecule has 2 aliphatic heterocycles. The Labute approximate surface area is 242 Å². The number of methoxy groups -OCH3 is 2. The van der Waals surface area contributed by atoms with Gasteiger partial charge < -0.3 is 29.6 Å². The number of pyridine rings is 1. The average molecular weight is 588 g/mol. The van der Waals surface area contributed by atoms with Gasteiger partial charge in [0, 0.05) is 48.7 Å². The summed E-state index contributed by atoms with van der Waals surface area (Å²) in [6.07, 6.45) is 5.45. The first-order valence-electron chi connectivity index (χ1n) is 13.0. The van der Waals surface area contributed by atoms with Gasteiger partial charge in [0.2, 0.25) is 5.95 Å². The van der Waals surface area contributed by atoms with Crippen LogP contribution in [0.1, 0.15) is 19.3 Å². The molecule has 212 valence electrons. The predicted octanol–water partition coefficient (Wildman–Crippen LogP) is 5.18. The Morgan fingerprint density at radius 1 is 1.18 bits per heavy atom. The first-order chi connectivity index (χ1) is 19.4. The lowest BCUT2D eigenvalue weighted by Crippen LogP contribution is -2.30. The highest BCUT2D eigenvalue weighted by Gasteiger charge is 2.30. The van der Waals surface area contributed by atoms with Crippen LogP contribution >= 0.6 is 23.2 Å². The maximum atomic E-state index is 11.9.